The highest BCUT2D eigenvalue weighted by atomic mass is 35.5. The van der Waals surface area contributed by atoms with E-state index in [4.69, 9.17) is 26.2 Å². The lowest BCUT2D eigenvalue weighted by atomic mass is 9.80. The lowest BCUT2D eigenvalue weighted by molar-refractivity contribution is -0.156. The van der Waals surface area contributed by atoms with E-state index in [1.807, 2.05) is 47.4 Å². The van der Waals surface area contributed by atoms with Gasteiger partial charge in [0.1, 0.15) is 11.5 Å². The molecule has 2 fully saturated rings. The fourth-order valence-corrected chi connectivity index (χ4v) is 5.33. The van der Waals surface area contributed by atoms with Crippen molar-refractivity contribution >= 4 is 23.3 Å². The van der Waals surface area contributed by atoms with Crippen molar-refractivity contribution in [1.82, 2.24) is 15.2 Å². The predicted molar refractivity (Wildman–Crippen MR) is 123 cm³/mol. The number of methoxy groups -OCH3 is 2. The molecule has 3 atom stereocenters. The summed E-state index contributed by atoms with van der Waals surface area (Å²) in [5, 5.41) is 5.36. The molecule has 0 radical (unpaired) electrons. The Hall–Kier alpha value is -2.93. The Kier molecular flexibility index (Phi) is 5.59. The number of hydrogen-bond donors (Lipinski definition) is 1. The summed E-state index contributed by atoms with van der Waals surface area (Å²) in [6, 6.07) is 13.5. The zero-order valence-electron chi connectivity index (χ0n) is 18.3. The summed E-state index contributed by atoms with van der Waals surface area (Å²) in [6.45, 7) is 0.429. The molecule has 1 saturated heterocycles. The van der Waals surface area contributed by atoms with Crippen LogP contribution in [0.3, 0.4) is 0 Å². The minimum Gasteiger partial charge on any atom is -0.497 e. The normalized spacial score (nSPS) is 24.4. The number of fused-ring (bicyclic) bond motifs is 3. The van der Waals surface area contributed by atoms with E-state index in [1.54, 1.807) is 14.2 Å². The van der Waals surface area contributed by atoms with Gasteiger partial charge in [0, 0.05) is 17.1 Å². The molecule has 2 aromatic carbocycles. The lowest BCUT2D eigenvalue weighted by Gasteiger charge is -2.50. The minimum absolute atomic E-state index is 0.0585. The van der Waals surface area contributed by atoms with E-state index in [0.717, 1.165) is 48.4 Å². The Morgan fingerprint density at radius 2 is 1.94 bits per heavy atom. The zero-order valence-corrected chi connectivity index (χ0v) is 19.0. The number of halogens is 1. The van der Waals surface area contributed by atoms with Gasteiger partial charge in [-0.1, -0.05) is 42.6 Å². The molecule has 5 rings (SSSR count). The van der Waals surface area contributed by atoms with E-state index >= 15 is 0 Å². The second-order valence-corrected chi connectivity index (χ2v) is 8.83. The van der Waals surface area contributed by atoms with Gasteiger partial charge < -0.3 is 14.4 Å². The second kappa shape index (κ2) is 8.54. The second-order valence-electron chi connectivity index (χ2n) is 8.43. The third-order valence-electron chi connectivity index (χ3n) is 6.72. The highest BCUT2D eigenvalue weighted by Crippen LogP contribution is 2.40. The molecule has 3 unspecified atom stereocenters. The fraction of sp³-hybridized carbons (Fsp3) is 0.417. The number of nitrogens with one attached hydrogen (secondary N) is 1. The van der Waals surface area contributed by atoms with E-state index in [9.17, 15) is 4.79 Å². The van der Waals surface area contributed by atoms with Crippen LogP contribution in [0.25, 0.3) is 0 Å². The molecule has 1 amide bonds. The number of hydrogen-bond acceptors (Lipinski definition) is 6. The number of carbonyl (C=O) groups is 1. The SMILES string of the molecule is COc1ccc(C2=NNC3N(Cc4ccccc4Cl)C(=O)C4CCCCC4N23)c(OC)c1. The molecular formula is C24H27ClN4O3. The van der Waals surface area contributed by atoms with Crippen LogP contribution < -0.4 is 14.9 Å². The summed E-state index contributed by atoms with van der Waals surface area (Å²) in [4.78, 5) is 17.7. The topological polar surface area (TPSA) is 66.4 Å². The molecule has 0 aromatic heterocycles. The van der Waals surface area contributed by atoms with Gasteiger partial charge in [-0.2, -0.15) is 5.10 Å². The number of amides is 1. The Morgan fingerprint density at radius 1 is 1.12 bits per heavy atom. The van der Waals surface area contributed by atoms with Crippen molar-refractivity contribution in [2.24, 2.45) is 11.0 Å². The standard InChI is InChI=1S/C24H27ClN4O3/c1-31-16-11-12-18(21(13-16)32-2)22-26-27-24-28(14-15-7-3-5-9-19(15)25)23(30)17-8-4-6-10-20(17)29(22)24/h3,5,7,9,11-13,17,20,24,27H,4,6,8,10,14H2,1-2H3. The lowest BCUT2D eigenvalue weighted by Crippen LogP contribution is -2.67. The summed E-state index contributed by atoms with van der Waals surface area (Å²) in [7, 11) is 3.28. The van der Waals surface area contributed by atoms with Crippen LogP contribution in [-0.2, 0) is 11.3 Å². The number of nitrogens with zero attached hydrogens (tertiary/aromatic N) is 3. The van der Waals surface area contributed by atoms with Crippen LogP contribution in [-0.4, -0.2) is 48.1 Å². The Morgan fingerprint density at radius 3 is 2.72 bits per heavy atom. The summed E-state index contributed by atoms with van der Waals surface area (Å²) >= 11 is 6.44. The van der Waals surface area contributed by atoms with Gasteiger partial charge in [0.25, 0.3) is 0 Å². The van der Waals surface area contributed by atoms with E-state index in [2.05, 4.69) is 10.3 Å². The van der Waals surface area contributed by atoms with E-state index in [1.165, 1.54) is 0 Å². The van der Waals surface area contributed by atoms with Crippen LogP contribution in [0.4, 0.5) is 0 Å². The third-order valence-corrected chi connectivity index (χ3v) is 7.09. The number of carbonyl (C=O) groups excluding carboxylic acids is 1. The smallest absolute Gasteiger partial charge is 0.231 e. The molecular weight excluding hydrogens is 428 g/mol. The maximum atomic E-state index is 13.6. The van der Waals surface area contributed by atoms with E-state index in [0.29, 0.717) is 17.3 Å². The minimum atomic E-state index is -0.361. The molecule has 0 spiro atoms. The molecule has 8 heteroatoms. The molecule has 2 aromatic rings. The van der Waals surface area contributed by atoms with Gasteiger partial charge in [-0.25, -0.2) is 0 Å². The maximum absolute atomic E-state index is 13.6. The van der Waals surface area contributed by atoms with Crippen molar-refractivity contribution in [3.05, 3.63) is 58.6 Å². The van der Waals surface area contributed by atoms with Crippen LogP contribution in [0.15, 0.2) is 47.6 Å². The number of hydrazone groups is 1. The van der Waals surface area contributed by atoms with Gasteiger partial charge in [0.2, 0.25) is 5.91 Å². The van der Waals surface area contributed by atoms with E-state index in [-0.39, 0.29) is 24.2 Å². The van der Waals surface area contributed by atoms with Gasteiger partial charge in [-0.05, 0) is 36.6 Å². The van der Waals surface area contributed by atoms with Crippen LogP contribution >= 0.6 is 11.6 Å². The molecule has 2 heterocycles. The summed E-state index contributed by atoms with van der Waals surface area (Å²) in [5.41, 5.74) is 5.03. The van der Waals surface area contributed by atoms with Crippen molar-refractivity contribution in [3.8, 4) is 11.5 Å². The summed E-state index contributed by atoms with van der Waals surface area (Å²) in [5.74, 6) is 2.31. The average molecular weight is 455 g/mol. The van der Waals surface area contributed by atoms with Crippen LogP contribution in [0, 0.1) is 5.92 Å². The van der Waals surface area contributed by atoms with Crippen LogP contribution in [0.1, 0.15) is 36.8 Å². The molecule has 3 aliphatic rings. The fourth-order valence-electron chi connectivity index (χ4n) is 5.14. The molecule has 1 aliphatic carbocycles. The molecule has 32 heavy (non-hydrogen) atoms. The van der Waals surface area contributed by atoms with Crippen molar-refractivity contribution in [2.45, 2.75) is 44.6 Å². The van der Waals surface area contributed by atoms with Crippen molar-refractivity contribution in [2.75, 3.05) is 14.2 Å². The van der Waals surface area contributed by atoms with Gasteiger partial charge in [-0.15, -0.1) is 0 Å². The highest BCUT2D eigenvalue weighted by Gasteiger charge is 2.51. The Labute approximate surface area is 192 Å². The number of ether oxygens (including phenoxy) is 2. The summed E-state index contributed by atoms with van der Waals surface area (Å²) < 4.78 is 11.0. The number of amidine groups is 1. The van der Waals surface area contributed by atoms with Crippen molar-refractivity contribution in [1.29, 1.82) is 0 Å². The Balaban J connectivity index is 1.53. The zero-order chi connectivity index (χ0) is 22.2. The first kappa shape index (κ1) is 20.9. The molecule has 7 nitrogen and oxygen atoms in total. The highest BCUT2D eigenvalue weighted by molar-refractivity contribution is 6.31. The largest absolute Gasteiger partial charge is 0.497 e. The first-order valence-corrected chi connectivity index (χ1v) is 11.4. The first-order chi connectivity index (χ1) is 15.6. The van der Waals surface area contributed by atoms with Crippen molar-refractivity contribution in [3.63, 3.8) is 0 Å². The third kappa shape index (κ3) is 3.45. The predicted octanol–water partition coefficient (Wildman–Crippen LogP) is 3.81. The number of rotatable bonds is 5. The van der Waals surface area contributed by atoms with Crippen LogP contribution in [0.2, 0.25) is 5.02 Å². The number of benzene rings is 2. The van der Waals surface area contributed by atoms with Crippen molar-refractivity contribution < 1.29 is 14.3 Å². The first-order valence-electron chi connectivity index (χ1n) is 11.0. The van der Waals surface area contributed by atoms with Gasteiger partial charge >= 0.3 is 0 Å². The Bertz CT molecular complexity index is 1060. The molecule has 2 aliphatic heterocycles. The quantitative estimate of drug-likeness (QED) is 0.744. The van der Waals surface area contributed by atoms with Gasteiger partial charge in [0.15, 0.2) is 12.1 Å². The summed E-state index contributed by atoms with van der Waals surface area (Å²) in [6.07, 6.45) is 3.66. The van der Waals surface area contributed by atoms with Gasteiger partial charge in [0.05, 0.1) is 32.2 Å². The molecule has 0 bridgehead atoms. The van der Waals surface area contributed by atoms with Crippen LogP contribution in [0.5, 0.6) is 11.5 Å². The van der Waals surface area contributed by atoms with Gasteiger partial charge in [-0.3, -0.25) is 15.1 Å². The van der Waals surface area contributed by atoms with E-state index < -0.39 is 0 Å². The monoisotopic (exact) mass is 454 g/mol. The molecule has 168 valence electrons. The maximum Gasteiger partial charge on any atom is 0.231 e. The molecule has 1 N–H and O–H groups in total. The molecule has 1 saturated carbocycles. The average Bonchev–Trinajstić information content (AvgIpc) is 3.27.